The number of hydrogen-bond acceptors (Lipinski definition) is 2. The van der Waals surface area contributed by atoms with Crippen molar-refractivity contribution in [2.24, 2.45) is 0 Å². The van der Waals surface area contributed by atoms with Crippen LogP contribution in [-0.4, -0.2) is 15.3 Å². The van der Waals surface area contributed by atoms with Crippen LogP contribution in [0.1, 0.15) is 46.0 Å². The van der Waals surface area contributed by atoms with Crippen LogP contribution in [0, 0.1) is 6.92 Å². The molecule has 0 aliphatic heterocycles. The summed E-state index contributed by atoms with van der Waals surface area (Å²) < 4.78 is 80.9. The summed E-state index contributed by atoms with van der Waals surface area (Å²) in [5, 5.41) is 2.59. The van der Waals surface area contributed by atoms with Crippen LogP contribution in [0.5, 0.6) is 0 Å². The second-order valence-electron chi connectivity index (χ2n) is 8.40. The number of benzene rings is 2. The molecular formula is C26H21F6N3O. The van der Waals surface area contributed by atoms with E-state index in [4.69, 9.17) is 0 Å². The van der Waals surface area contributed by atoms with Crippen LogP contribution in [-0.2, 0) is 23.7 Å². The van der Waals surface area contributed by atoms with E-state index >= 15 is 0 Å². The smallest absolute Gasteiger partial charge is 0.352 e. The number of imidazole rings is 1. The molecule has 0 spiro atoms. The van der Waals surface area contributed by atoms with E-state index in [1.807, 2.05) is 13.0 Å². The molecule has 2 aromatic heterocycles. The van der Waals surface area contributed by atoms with Gasteiger partial charge in [0.1, 0.15) is 5.65 Å². The van der Waals surface area contributed by atoms with Gasteiger partial charge in [-0.15, -0.1) is 0 Å². The number of rotatable bonds is 6. The highest BCUT2D eigenvalue weighted by Crippen LogP contribution is 2.35. The van der Waals surface area contributed by atoms with E-state index in [9.17, 15) is 31.1 Å². The Morgan fingerprint density at radius 1 is 0.917 bits per heavy atom. The van der Waals surface area contributed by atoms with Crippen LogP contribution >= 0.6 is 0 Å². The Hall–Kier alpha value is -3.82. The number of halogens is 6. The Morgan fingerprint density at radius 3 is 2.25 bits per heavy atom. The van der Waals surface area contributed by atoms with Crippen molar-refractivity contribution in [3.63, 3.8) is 0 Å². The number of nitrogens with one attached hydrogen (secondary N) is 1. The molecule has 1 N–H and O–H groups in total. The van der Waals surface area contributed by atoms with Crippen molar-refractivity contribution < 1.29 is 31.1 Å². The Morgan fingerprint density at radius 2 is 1.56 bits per heavy atom. The monoisotopic (exact) mass is 505 g/mol. The molecule has 10 heteroatoms. The minimum absolute atomic E-state index is 0.162. The number of amides is 1. The van der Waals surface area contributed by atoms with Crippen molar-refractivity contribution >= 4 is 11.6 Å². The van der Waals surface area contributed by atoms with Crippen molar-refractivity contribution in [2.75, 3.05) is 0 Å². The highest BCUT2D eigenvalue weighted by atomic mass is 19.4. The summed E-state index contributed by atoms with van der Waals surface area (Å²) in [5.74, 6) is -1.32. The molecule has 1 amide bonds. The zero-order valence-electron chi connectivity index (χ0n) is 19.0. The van der Waals surface area contributed by atoms with Crippen molar-refractivity contribution in [1.29, 1.82) is 0 Å². The number of pyridine rings is 1. The van der Waals surface area contributed by atoms with Crippen molar-refractivity contribution in [3.8, 4) is 0 Å². The van der Waals surface area contributed by atoms with Gasteiger partial charge in [0.05, 0.1) is 16.8 Å². The molecule has 4 nitrogen and oxygen atoms in total. The predicted octanol–water partition coefficient (Wildman–Crippen LogP) is 6.52. The highest BCUT2D eigenvalue weighted by Gasteiger charge is 2.32. The third-order valence-corrected chi connectivity index (χ3v) is 5.86. The van der Waals surface area contributed by atoms with E-state index in [0.29, 0.717) is 11.3 Å². The van der Waals surface area contributed by atoms with Crippen LogP contribution in [0.3, 0.4) is 0 Å². The summed E-state index contributed by atoms with van der Waals surface area (Å²) in [6, 6.07) is 14.7. The molecule has 0 aliphatic rings. The van der Waals surface area contributed by atoms with Gasteiger partial charge >= 0.3 is 12.4 Å². The predicted molar refractivity (Wildman–Crippen MR) is 121 cm³/mol. The van der Waals surface area contributed by atoms with Crippen LogP contribution in [0.2, 0.25) is 0 Å². The standard InChI is InChI=1S/C26H21F6N3O/c1-16-5-2-10-23-33-15-22(35(16)23)21(18-7-4-9-20(12-18)26(30,31)32)13-24(36)34-14-17-6-3-8-19(11-17)25(27,28)29/h2-12,15,21H,13-14H2,1H3,(H,34,36). The molecule has 1 unspecified atom stereocenters. The molecule has 2 heterocycles. The van der Waals surface area contributed by atoms with E-state index in [-0.39, 0.29) is 24.1 Å². The topological polar surface area (TPSA) is 46.4 Å². The third kappa shape index (κ3) is 5.53. The van der Waals surface area contributed by atoms with E-state index in [2.05, 4.69) is 10.3 Å². The number of hydrogen-bond donors (Lipinski definition) is 1. The van der Waals surface area contributed by atoms with Gasteiger partial charge in [-0.05, 0) is 48.4 Å². The van der Waals surface area contributed by atoms with Gasteiger partial charge in [-0.25, -0.2) is 4.98 Å². The minimum atomic E-state index is -4.57. The highest BCUT2D eigenvalue weighted by molar-refractivity contribution is 5.77. The first-order chi connectivity index (χ1) is 16.9. The van der Waals surface area contributed by atoms with Crippen LogP contribution in [0.4, 0.5) is 26.3 Å². The number of alkyl halides is 6. The second kappa shape index (κ2) is 9.67. The van der Waals surface area contributed by atoms with E-state index < -0.39 is 35.3 Å². The van der Waals surface area contributed by atoms with Gasteiger partial charge in [-0.2, -0.15) is 26.3 Å². The molecule has 4 aromatic rings. The van der Waals surface area contributed by atoms with Gasteiger partial charge in [0.2, 0.25) is 5.91 Å². The maximum Gasteiger partial charge on any atom is 0.416 e. The SMILES string of the molecule is Cc1cccc2ncc(C(CC(=O)NCc3cccc(C(F)(F)F)c3)c3cccc(C(F)(F)F)c3)n12. The summed E-state index contributed by atoms with van der Waals surface area (Å²) in [5.41, 5.74) is 0.713. The van der Waals surface area contributed by atoms with Gasteiger partial charge in [-0.3, -0.25) is 4.79 Å². The number of fused-ring (bicyclic) bond motifs is 1. The molecule has 0 bridgehead atoms. The molecule has 4 rings (SSSR count). The minimum Gasteiger partial charge on any atom is -0.352 e. The van der Waals surface area contributed by atoms with Gasteiger partial charge in [0.25, 0.3) is 0 Å². The number of nitrogens with zero attached hydrogens (tertiary/aromatic N) is 2. The average molecular weight is 505 g/mol. The summed E-state index contributed by atoms with van der Waals surface area (Å²) in [6.07, 6.45) is -7.80. The molecule has 0 saturated carbocycles. The first-order valence-electron chi connectivity index (χ1n) is 11.0. The van der Waals surface area contributed by atoms with Crippen LogP contribution < -0.4 is 5.32 Å². The lowest BCUT2D eigenvalue weighted by Gasteiger charge is -2.20. The van der Waals surface area contributed by atoms with Crippen molar-refractivity contribution in [2.45, 2.75) is 38.2 Å². The Labute approximate surface area is 202 Å². The zero-order chi connectivity index (χ0) is 26.1. The molecule has 36 heavy (non-hydrogen) atoms. The molecule has 188 valence electrons. The van der Waals surface area contributed by atoms with Crippen LogP contribution in [0.25, 0.3) is 5.65 Å². The fourth-order valence-electron chi connectivity index (χ4n) is 4.12. The molecule has 0 saturated heterocycles. The third-order valence-electron chi connectivity index (χ3n) is 5.86. The molecular weight excluding hydrogens is 484 g/mol. The Balaban J connectivity index is 1.64. The zero-order valence-corrected chi connectivity index (χ0v) is 19.0. The maximum absolute atomic E-state index is 13.4. The lowest BCUT2D eigenvalue weighted by Crippen LogP contribution is -2.25. The second-order valence-corrected chi connectivity index (χ2v) is 8.40. The number of carbonyl (C=O) groups is 1. The molecule has 0 aliphatic carbocycles. The fourth-order valence-corrected chi connectivity index (χ4v) is 4.12. The van der Waals surface area contributed by atoms with Crippen molar-refractivity contribution in [3.05, 3.63) is 107 Å². The molecule has 0 fully saturated rings. The first kappa shape index (κ1) is 25.3. The molecule has 2 aromatic carbocycles. The summed E-state index contributed by atoms with van der Waals surface area (Å²) in [7, 11) is 0. The number of carbonyl (C=O) groups excluding carboxylic acids is 1. The lowest BCUT2D eigenvalue weighted by atomic mass is 9.91. The van der Waals surface area contributed by atoms with Crippen LogP contribution in [0.15, 0.2) is 72.9 Å². The van der Waals surface area contributed by atoms with Gasteiger partial charge in [0, 0.05) is 30.8 Å². The molecule has 1 atom stereocenters. The van der Waals surface area contributed by atoms with E-state index in [1.54, 1.807) is 16.5 Å². The summed E-state index contributed by atoms with van der Waals surface area (Å²) in [4.78, 5) is 17.2. The summed E-state index contributed by atoms with van der Waals surface area (Å²) in [6.45, 7) is 1.65. The largest absolute Gasteiger partial charge is 0.416 e. The Bertz CT molecular complexity index is 1390. The normalized spacial score (nSPS) is 13.1. The fraction of sp³-hybridized carbons (Fsp3) is 0.231. The summed E-state index contributed by atoms with van der Waals surface area (Å²) >= 11 is 0. The maximum atomic E-state index is 13.4. The van der Waals surface area contributed by atoms with Gasteiger partial charge in [-0.1, -0.05) is 36.4 Å². The van der Waals surface area contributed by atoms with Crippen molar-refractivity contribution in [1.82, 2.24) is 14.7 Å². The number of aromatic nitrogens is 2. The molecule has 0 radical (unpaired) electrons. The first-order valence-corrected chi connectivity index (χ1v) is 11.0. The lowest BCUT2D eigenvalue weighted by molar-refractivity contribution is -0.138. The average Bonchev–Trinajstić information content (AvgIpc) is 3.26. The Kier molecular flexibility index (Phi) is 6.79. The number of aryl methyl sites for hydroxylation is 1. The quantitative estimate of drug-likeness (QED) is 0.304. The van der Waals surface area contributed by atoms with Gasteiger partial charge < -0.3 is 9.72 Å². The van der Waals surface area contributed by atoms with E-state index in [1.165, 1.54) is 30.5 Å². The van der Waals surface area contributed by atoms with Gasteiger partial charge in [0.15, 0.2) is 0 Å². The van der Waals surface area contributed by atoms with E-state index in [0.717, 1.165) is 30.0 Å².